The van der Waals surface area contributed by atoms with Crippen LogP contribution in [0.1, 0.15) is 29.7 Å². The van der Waals surface area contributed by atoms with E-state index in [1.807, 2.05) is 6.07 Å². The van der Waals surface area contributed by atoms with Crippen molar-refractivity contribution in [1.82, 2.24) is 13.7 Å². The molecular weight excluding hydrogens is 649 g/mol. The number of aromatic nitrogens is 3. The second-order valence-electron chi connectivity index (χ2n) is 13.5. The molecule has 0 aliphatic heterocycles. The largest absolute Gasteiger partial charge is 0.383 e. The summed E-state index contributed by atoms with van der Waals surface area (Å²) in [5, 5.41) is 5.88. The second kappa shape index (κ2) is 12.7. The summed E-state index contributed by atoms with van der Waals surface area (Å²) in [6.07, 6.45) is 11.1. The molecule has 6 nitrogen and oxygen atoms in total. The third-order valence-corrected chi connectivity index (χ3v) is 10.5. The molecule has 3 heterocycles. The van der Waals surface area contributed by atoms with Crippen molar-refractivity contribution in [1.29, 1.82) is 0 Å². The lowest BCUT2D eigenvalue weighted by Gasteiger charge is -2.16. The molecule has 53 heavy (non-hydrogen) atoms. The topological polar surface area (TPSA) is 65.5 Å². The first kappa shape index (κ1) is 30.9. The van der Waals surface area contributed by atoms with E-state index in [2.05, 4.69) is 178 Å². The minimum atomic E-state index is 0.357. The fraction of sp³-hybridized carbons (Fsp3) is 0.0638. The lowest BCUT2D eigenvalue weighted by Crippen LogP contribution is -2.21. The molecule has 0 amide bonds. The summed E-state index contributed by atoms with van der Waals surface area (Å²) in [5.74, 6) is 0.910. The number of fused-ring (bicyclic) bond motifs is 9. The molecule has 2 N–H and O–H groups in total. The van der Waals surface area contributed by atoms with Gasteiger partial charge >= 0.3 is 0 Å². The van der Waals surface area contributed by atoms with Gasteiger partial charge < -0.3 is 14.9 Å². The van der Waals surface area contributed by atoms with Gasteiger partial charge in [-0.3, -0.25) is 4.57 Å². The van der Waals surface area contributed by atoms with Crippen molar-refractivity contribution in [2.75, 3.05) is 0 Å². The Hall–Kier alpha value is -6.92. The van der Waals surface area contributed by atoms with Crippen LogP contribution in [0.15, 0.2) is 168 Å². The highest BCUT2D eigenvalue weighted by atomic mass is 15.2. The molecule has 6 heteroatoms. The lowest BCUT2D eigenvalue weighted by molar-refractivity contribution is 0.785. The molecule has 0 unspecified atom stereocenters. The van der Waals surface area contributed by atoms with Crippen molar-refractivity contribution in [3.63, 3.8) is 0 Å². The zero-order valence-electron chi connectivity index (χ0n) is 29.1. The summed E-state index contributed by atoms with van der Waals surface area (Å²) in [6, 6.07) is 50.8. The highest BCUT2D eigenvalue weighted by Crippen LogP contribution is 2.35. The Balaban J connectivity index is 1.21. The molecule has 9 aromatic rings. The molecule has 0 spiro atoms. The van der Waals surface area contributed by atoms with Crippen molar-refractivity contribution in [2.45, 2.75) is 19.5 Å². The van der Waals surface area contributed by atoms with Crippen molar-refractivity contribution >= 4 is 78.5 Å². The van der Waals surface area contributed by atoms with E-state index in [1.54, 1.807) is 0 Å². The van der Waals surface area contributed by atoms with Gasteiger partial charge in [0.2, 0.25) is 5.96 Å². The minimum Gasteiger partial charge on any atom is -0.383 e. The third kappa shape index (κ3) is 5.02. The zero-order valence-corrected chi connectivity index (χ0v) is 29.1. The van der Waals surface area contributed by atoms with Crippen LogP contribution in [0.4, 0.5) is 0 Å². The second-order valence-corrected chi connectivity index (χ2v) is 13.5. The molecule has 1 aliphatic carbocycles. The Bertz CT molecular complexity index is 2890. The Morgan fingerprint density at radius 2 is 1.02 bits per heavy atom. The zero-order chi connectivity index (χ0) is 35.3. The first-order valence-electron chi connectivity index (χ1n) is 18.2. The van der Waals surface area contributed by atoms with E-state index in [1.165, 1.54) is 21.7 Å². The van der Waals surface area contributed by atoms with Gasteiger partial charge in [-0.05, 0) is 61.4 Å². The van der Waals surface area contributed by atoms with Gasteiger partial charge in [0.25, 0.3) is 0 Å². The van der Waals surface area contributed by atoms with Crippen molar-refractivity contribution in [3.8, 4) is 5.69 Å². The fourth-order valence-electron chi connectivity index (χ4n) is 8.11. The Labute approximate surface area is 306 Å². The van der Waals surface area contributed by atoms with E-state index < -0.39 is 0 Å². The van der Waals surface area contributed by atoms with Crippen LogP contribution >= 0.6 is 0 Å². The molecule has 0 radical (unpaired) electrons. The lowest BCUT2D eigenvalue weighted by atomic mass is 10.1. The smallest absolute Gasteiger partial charge is 0.233 e. The van der Waals surface area contributed by atoms with Crippen LogP contribution in [-0.4, -0.2) is 25.5 Å². The van der Waals surface area contributed by atoms with Gasteiger partial charge in [0.15, 0.2) is 0 Å². The first-order chi connectivity index (χ1) is 26.3. The predicted octanol–water partition coefficient (Wildman–Crippen LogP) is 10.9. The summed E-state index contributed by atoms with van der Waals surface area (Å²) in [5.41, 5.74) is 16.8. The van der Waals surface area contributed by atoms with E-state index in [4.69, 9.17) is 15.7 Å². The Morgan fingerprint density at radius 3 is 1.66 bits per heavy atom. The first-order valence-corrected chi connectivity index (χ1v) is 18.2. The summed E-state index contributed by atoms with van der Waals surface area (Å²) in [7, 11) is 0. The van der Waals surface area contributed by atoms with Crippen LogP contribution in [0.3, 0.4) is 0 Å². The van der Waals surface area contributed by atoms with Crippen LogP contribution in [0.5, 0.6) is 0 Å². The van der Waals surface area contributed by atoms with Gasteiger partial charge in [-0.25, -0.2) is 4.99 Å². The number of benzene rings is 6. The predicted molar refractivity (Wildman–Crippen MR) is 223 cm³/mol. The average molecular weight is 685 g/mol. The number of para-hydroxylation sites is 6. The third-order valence-electron chi connectivity index (χ3n) is 10.5. The Morgan fingerprint density at radius 1 is 0.528 bits per heavy atom. The van der Waals surface area contributed by atoms with Crippen LogP contribution in [-0.2, 0) is 6.67 Å². The van der Waals surface area contributed by atoms with Crippen LogP contribution in [0.25, 0.3) is 72.4 Å². The van der Waals surface area contributed by atoms with E-state index in [0.717, 1.165) is 68.1 Å². The number of rotatable bonds is 4. The van der Waals surface area contributed by atoms with E-state index >= 15 is 0 Å². The molecule has 0 saturated carbocycles. The van der Waals surface area contributed by atoms with Crippen molar-refractivity contribution in [2.24, 2.45) is 15.7 Å². The maximum Gasteiger partial charge on any atom is 0.233 e. The minimum absolute atomic E-state index is 0.357. The standard InChI is InChI=1S/C47H36N6/c48-46(38-23-10-16-30-45(38)52-41-26-4-2-1-3-17-34(41)35-20-7-13-27-42(35)52)50-47(53-43-28-14-8-21-36(43)37-22-9-15-29-44(37)53)49-31-51-39-24-11-5-18-32(39)33-19-6-12-25-40(33)51/h3-30H,1-2,31H2,(H2,48,49,50)/b17-3+,26-4-. The summed E-state index contributed by atoms with van der Waals surface area (Å²) in [4.78, 5) is 10.7. The summed E-state index contributed by atoms with van der Waals surface area (Å²) in [6.45, 7) is 0.357. The molecule has 6 aromatic carbocycles. The van der Waals surface area contributed by atoms with Gasteiger partial charge in [0.1, 0.15) is 12.5 Å². The van der Waals surface area contributed by atoms with Gasteiger partial charge in [0.05, 0.1) is 39.0 Å². The molecule has 3 aromatic heterocycles. The number of amidine groups is 1. The fourth-order valence-corrected chi connectivity index (χ4v) is 8.11. The van der Waals surface area contributed by atoms with E-state index in [-0.39, 0.29) is 0 Å². The highest BCUT2D eigenvalue weighted by Gasteiger charge is 2.20. The molecule has 0 bridgehead atoms. The van der Waals surface area contributed by atoms with E-state index in [0.29, 0.717) is 18.5 Å². The highest BCUT2D eigenvalue weighted by molar-refractivity contribution is 6.17. The van der Waals surface area contributed by atoms with Crippen molar-refractivity contribution < 1.29 is 0 Å². The number of aliphatic imine (C=N–C) groups is 2. The maximum atomic E-state index is 7.21. The monoisotopic (exact) mass is 684 g/mol. The van der Waals surface area contributed by atoms with Crippen LogP contribution in [0, 0.1) is 0 Å². The van der Waals surface area contributed by atoms with Gasteiger partial charge in [-0.15, -0.1) is 0 Å². The number of nitrogens with zero attached hydrogens (tertiary/aromatic N) is 5. The molecule has 1 aliphatic rings. The summed E-state index contributed by atoms with van der Waals surface area (Å²) >= 11 is 0. The quantitative estimate of drug-likeness (QED) is 0.146. The maximum absolute atomic E-state index is 7.21. The molecule has 0 atom stereocenters. The summed E-state index contributed by atoms with van der Waals surface area (Å²) < 4.78 is 6.74. The Kier molecular flexibility index (Phi) is 7.39. The number of nitrogens with two attached hydrogens (primary N) is 1. The molecule has 10 rings (SSSR count). The molecule has 0 fully saturated rings. The van der Waals surface area contributed by atoms with Gasteiger partial charge in [-0.1, -0.05) is 121 Å². The SMILES string of the molecule is N/C(=N\C(=N/Cn1c2ccccc2c2ccccc21)n1c2ccccc2c2ccccc21)c1ccccc1-n1c2c(c3ccccc31)/C=C/CC/C=C\2. The molecule has 0 saturated heterocycles. The normalized spacial score (nSPS) is 14.9. The average Bonchev–Trinajstić information content (AvgIpc) is 3.81. The molecular formula is C47H36N6. The van der Waals surface area contributed by atoms with Crippen LogP contribution < -0.4 is 5.73 Å². The number of hydrogen-bond acceptors (Lipinski definition) is 1. The molecule has 254 valence electrons. The van der Waals surface area contributed by atoms with E-state index in [9.17, 15) is 0 Å². The van der Waals surface area contributed by atoms with Crippen molar-refractivity contribution in [3.05, 3.63) is 175 Å². The van der Waals surface area contributed by atoms with Gasteiger partial charge in [-0.2, -0.15) is 4.99 Å². The number of allylic oxidation sites excluding steroid dienone is 2. The number of hydrogen-bond donors (Lipinski definition) is 1. The van der Waals surface area contributed by atoms with Gasteiger partial charge in [0, 0.05) is 38.1 Å². The van der Waals surface area contributed by atoms with Crippen LogP contribution in [0.2, 0.25) is 0 Å².